The van der Waals surface area contributed by atoms with Gasteiger partial charge in [-0.15, -0.1) is 34.4 Å². The van der Waals surface area contributed by atoms with E-state index in [0.29, 0.717) is 17.8 Å². The van der Waals surface area contributed by atoms with Crippen molar-refractivity contribution in [2.45, 2.75) is 40.7 Å². The minimum atomic E-state index is -0.549. The third kappa shape index (κ3) is 12.4. The maximum atomic E-state index is 14.2. The van der Waals surface area contributed by atoms with Crippen LogP contribution in [0.4, 0.5) is 14.5 Å². The predicted molar refractivity (Wildman–Crippen MR) is 280 cm³/mol. The number of nitriles is 1. The smallest absolute Gasteiger partial charge is 0.135 e. The Kier molecular flexibility index (Phi) is 16.8. The van der Waals surface area contributed by atoms with Crippen LogP contribution in [0.15, 0.2) is 139 Å². The number of aromatic amines is 1. The highest BCUT2D eigenvalue weighted by molar-refractivity contribution is 9.11. The number of anilines is 1. The average Bonchev–Trinajstić information content (AvgIpc) is 4.16. The molecule has 65 heavy (non-hydrogen) atoms. The van der Waals surface area contributed by atoms with Gasteiger partial charge in [0, 0.05) is 96.5 Å². The van der Waals surface area contributed by atoms with Crippen LogP contribution in [0.25, 0.3) is 32.4 Å². The number of thiazole rings is 2. The molecule has 5 aromatic carbocycles. The first-order chi connectivity index (χ1) is 31.4. The molecular formula is C51H43Br3F2N6S3. The molecule has 14 heteroatoms. The molecule has 0 spiro atoms. The fraction of sp³-hybridized carbons (Fsp3) is 0.176. The zero-order chi connectivity index (χ0) is 46.0. The Morgan fingerprint density at radius 3 is 1.82 bits per heavy atom. The van der Waals surface area contributed by atoms with Crippen molar-refractivity contribution in [1.29, 1.82) is 5.26 Å². The number of hydrogen-bond acceptors (Lipinski definition) is 8. The highest BCUT2D eigenvalue weighted by Gasteiger charge is 2.23. The Bertz CT molecular complexity index is 2960. The molecule has 0 amide bonds. The largest absolute Gasteiger partial charge is 0.367 e. The van der Waals surface area contributed by atoms with Crippen LogP contribution in [0.2, 0.25) is 0 Å². The number of nitrogens with one attached hydrogen (secondary N) is 1. The number of halogens is 5. The summed E-state index contributed by atoms with van der Waals surface area (Å²) >= 11 is 15.5. The van der Waals surface area contributed by atoms with E-state index in [1.807, 2.05) is 60.0 Å². The van der Waals surface area contributed by atoms with E-state index in [0.717, 1.165) is 66.6 Å². The molecule has 0 atom stereocenters. The maximum Gasteiger partial charge on any atom is 0.135 e. The number of rotatable bonds is 5. The standard InChI is InChI=1S/C23H19F2N3S.C10H10BrNS.C10H8BrNS.C8H6BrN/c1-14-5-6-15(23-26-8-10-29-23)12-21(14)28-9-7-19-16(13-28)11-20(27-19)22-17(24)3-2-4-18(22)25;2*1-7-2-3-8(6-9(7)11)10-12-4-5-13-10;1-6-2-3-7(5-10)4-8(6)9/h2-6,8,10-12,27H,7,9,13H2,1H3;2-3,6H,4-5H2,1H3;2-6H,1H3;2-4H,1H3. The lowest BCUT2D eigenvalue weighted by molar-refractivity contribution is 0.589. The summed E-state index contributed by atoms with van der Waals surface area (Å²) in [5, 5.41) is 15.7. The van der Waals surface area contributed by atoms with Crippen LogP contribution < -0.4 is 4.90 Å². The molecule has 2 aliphatic heterocycles. The fourth-order valence-corrected chi connectivity index (χ4v) is 10.2. The zero-order valence-corrected chi connectivity index (χ0v) is 43.1. The number of fused-ring (bicyclic) bond motifs is 1. The van der Waals surface area contributed by atoms with Gasteiger partial charge in [0.2, 0.25) is 0 Å². The van der Waals surface area contributed by atoms with Gasteiger partial charge in [0.25, 0.3) is 0 Å². The molecule has 0 saturated carbocycles. The molecular weight excluding hydrogens is 1070 g/mol. The van der Waals surface area contributed by atoms with E-state index in [4.69, 9.17) is 5.26 Å². The van der Waals surface area contributed by atoms with Crippen molar-refractivity contribution in [2.75, 3.05) is 23.7 Å². The summed E-state index contributed by atoms with van der Waals surface area (Å²) in [6, 6.07) is 32.6. The average molecular weight is 1110 g/mol. The summed E-state index contributed by atoms with van der Waals surface area (Å²) < 4.78 is 31.7. The van der Waals surface area contributed by atoms with Crippen molar-refractivity contribution >= 4 is 93.0 Å². The first kappa shape index (κ1) is 48.2. The Morgan fingerprint density at radius 2 is 1.26 bits per heavy atom. The van der Waals surface area contributed by atoms with Crippen LogP contribution in [0, 0.1) is 50.7 Å². The molecule has 0 radical (unpaired) electrons. The van der Waals surface area contributed by atoms with Crippen molar-refractivity contribution in [3.05, 3.63) is 190 Å². The molecule has 0 bridgehead atoms. The summed E-state index contributed by atoms with van der Waals surface area (Å²) in [7, 11) is 0. The Hall–Kier alpha value is -4.75. The van der Waals surface area contributed by atoms with Crippen molar-refractivity contribution in [3.63, 3.8) is 0 Å². The van der Waals surface area contributed by atoms with Crippen molar-refractivity contribution in [1.82, 2.24) is 15.0 Å². The van der Waals surface area contributed by atoms with E-state index in [1.165, 1.54) is 61.2 Å². The summed E-state index contributed by atoms with van der Waals surface area (Å²) in [5.74, 6) is 0.0285. The number of nitrogens with zero attached hydrogens (tertiary/aromatic N) is 5. The number of benzene rings is 5. The van der Waals surface area contributed by atoms with Gasteiger partial charge in [-0.05, 0) is 104 Å². The number of aryl methyl sites for hydroxylation is 4. The highest BCUT2D eigenvalue weighted by Crippen LogP contribution is 2.35. The first-order valence-corrected chi connectivity index (χ1v) is 25.7. The molecule has 2 aliphatic rings. The third-order valence-corrected chi connectivity index (χ3v) is 15.8. The number of thioether (sulfide) groups is 1. The van der Waals surface area contributed by atoms with E-state index in [2.05, 4.69) is 154 Å². The topological polar surface area (TPSA) is 81.0 Å². The minimum Gasteiger partial charge on any atom is -0.367 e. The molecule has 330 valence electrons. The Balaban J connectivity index is 0.000000145. The first-order valence-electron chi connectivity index (χ1n) is 20.5. The van der Waals surface area contributed by atoms with E-state index in [1.54, 1.807) is 28.7 Å². The van der Waals surface area contributed by atoms with Gasteiger partial charge in [-0.3, -0.25) is 4.99 Å². The van der Waals surface area contributed by atoms with Gasteiger partial charge in [0.05, 0.1) is 27.9 Å². The minimum absolute atomic E-state index is 0.00963. The van der Waals surface area contributed by atoms with Gasteiger partial charge in [-0.25, -0.2) is 18.7 Å². The van der Waals surface area contributed by atoms with Crippen molar-refractivity contribution in [3.8, 4) is 38.5 Å². The lowest BCUT2D eigenvalue weighted by Crippen LogP contribution is -2.30. The van der Waals surface area contributed by atoms with Crippen LogP contribution in [0.3, 0.4) is 0 Å². The fourth-order valence-electron chi connectivity index (χ4n) is 6.97. The van der Waals surface area contributed by atoms with Gasteiger partial charge in [0.1, 0.15) is 21.6 Å². The lowest BCUT2D eigenvalue weighted by Gasteiger charge is -2.30. The van der Waals surface area contributed by atoms with E-state index in [-0.39, 0.29) is 5.56 Å². The van der Waals surface area contributed by atoms with Gasteiger partial charge in [0.15, 0.2) is 0 Å². The summed E-state index contributed by atoms with van der Waals surface area (Å²) in [5.41, 5.74) is 12.9. The van der Waals surface area contributed by atoms with Gasteiger partial charge >= 0.3 is 0 Å². The number of H-pyrrole nitrogens is 1. The maximum absolute atomic E-state index is 14.2. The molecule has 1 N–H and O–H groups in total. The van der Waals surface area contributed by atoms with Crippen LogP contribution >= 0.6 is 82.2 Å². The van der Waals surface area contributed by atoms with Crippen molar-refractivity contribution < 1.29 is 8.78 Å². The summed E-state index contributed by atoms with van der Waals surface area (Å²) in [6.07, 6.45) is 4.44. The molecule has 10 rings (SSSR count). The molecule has 8 aromatic rings. The molecule has 3 aromatic heterocycles. The van der Waals surface area contributed by atoms with Crippen LogP contribution in [-0.2, 0) is 13.0 Å². The monoisotopic (exact) mass is 1110 g/mol. The van der Waals surface area contributed by atoms with Gasteiger partial charge < -0.3 is 9.88 Å². The second-order valence-corrected chi connectivity index (χ2v) is 20.6. The molecule has 5 heterocycles. The molecule has 0 saturated heterocycles. The summed E-state index contributed by atoms with van der Waals surface area (Å²) in [6.45, 7) is 10.8. The number of aliphatic imine (C=N–C) groups is 1. The number of hydrogen-bond donors (Lipinski definition) is 1. The predicted octanol–water partition coefficient (Wildman–Crippen LogP) is 15.7. The molecule has 0 aliphatic carbocycles. The van der Waals surface area contributed by atoms with Crippen LogP contribution in [0.1, 0.15) is 44.6 Å². The van der Waals surface area contributed by atoms with E-state index >= 15 is 0 Å². The van der Waals surface area contributed by atoms with Crippen LogP contribution in [-0.4, -0.2) is 38.8 Å². The van der Waals surface area contributed by atoms with E-state index in [9.17, 15) is 8.78 Å². The second-order valence-electron chi connectivity index (χ2n) is 15.2. The Morgan fingerprint density at radius 1 is 0.692 bits per heavy atom. The van der Waals surface area contributed by atoms with E-state index < -0.39 is 11.6 Å². The normalized spacial score (nSPS) is 12.7. The second kappa shape index (κ2) is 22.6. The van der Waals surface area contributed by atoms with Gasteiger partial charge in [-0.1, -0.05) is 96.3 Å². The molecule has 6 nitrogen and oxygen atoms in total. The zero-order valence-electron chi connectivity index (χ0n) is 35.9. The van der Waals surface area contributed by atoms with Gasteiger partial charge in [-0.2, -0.15) is 5.26 Å². The quantitative estimate of drug-likeness (QED) is 0.186. The van der Waals surface area contributed by atoms with Crippen LogP contribution in [0.5, 0.6) is 0 Å². The number of aromatic nitrogens is 3. The highest BCUT2D eigenvalue weighted by atomic mass is 79.9. The lowest BCUT2D eigenvalue weighted by atomic mass is 10.0. The molecule has 0 fully saturated rings. The molecule has 0 unspecified atom stereocenters. The third-order valence-electron chi connectivity index (χ3n) is 10.6. The van der Waals surface area contributed by atoms with Crippen molar-refractivity contribution in [2.24, 2.45) is 4.99 Å². The summed E-state index contributed by atoms with van der Waals surface area (Å²) in [4.78, 5) is 18.7. The Labute approximate surface area is 416 Å². The SMILES string of the molecule is Cc1ccc(-c2nccs2)cc1Br.Cc1ccc(-c2nccs2)cc1N1CCc2[nH]c(-c3c(F)cccc3F)cc2C1.Cc1ccc(C#N)cc1Br.Cc1ccc(C2=NCCS2)cc1Br.